The number of fused-ring (bicyclic) bond motifs is 1. The average molecular weight is 535 g/mol. The van der Waals surface area contributed by atoms with Crippen molar-refractivity contribution in [3.63, 3.8) is 0 Å². The molecule has 0 spiro atoms. The van der Waals surface area contributed by atoms with Gasteiger partial charge in [0.1, 0.15) is 18.1 Å². The van der Waals surface area contributed by atoms with E-state index in [0.29, 0.717) is 24.9 Å². The summed E-state index contributed by atoms with van der Waals surface area (Å²) in [6.07, 6.45) is -0.0555. The summed E-state index contributed by atoms with van der Waals surface area (Å²) < 4.78 is 11.1. The van der Waals surface area contributed by atoms with Gasteiger partial charge in [-0.1, -0.05) is 48.5 Å². The highest BCUT2D eigenvalue weighted by Gasteiger charge is 2.46. The van der Waals surface area contributed by atoms with Crippen LogP contribution in [0.25, 0.3) is 0 Å². The SMILES string of the molecule is O=C1C[C@H](NC(=O)C2CCCN3C(=O)CC[C@H](NC(=O)c4ccccc4)C(=O)N23)C(OCc2ccccc2)O1. The van der Waals surface area contributed by atoms with Crippen molar-refractivity contribution in [3.05, 3.63) is 71.8 Å². The highest BCUT2D eigenvalue weighted by atomic mass is 16.7. The van der Waals surface area contributed by atoms with Crippen LogP contribution in [0.2, 0.25) is 0 Å². The fourth-order valence-electron chi connectivity index (χ4n) is 5.07. The van der Waals surface area contributed by atoms with Gasteiger partial charge in [-0.05, 0) is 37.0 Å². The second-order valence-corrected chi connectivity index (χ2v) is 9.76. The van der Waals surface area contributed by atoms with Crippen molar-refractivity contribution in [1.29, 1.82) is 0 Å². The number of hydrogen-bond acceptors (Lipinski definition) is 7. The van der Waals surface area contributed by atoms with Crippen molar-refractivity contribution in [2.75, 3.05) is 6.54 Å². The standard InChI is InChI=1S/C28H30N4O7/c33-23-14-13-20(29-25(35)19-10-5-2-6-11-19)27(37)32-22(12-7-15-31(23)32)26(36)30-21-16-24(34)39-28(21)38-17-18-8-3-1-4-9-18/h1-6,8-11,20-22,28H,7,12-17H2,(H,29,35)(H,30,36)/t20-,21-,22?,28?/m0/s1. The zero-order valence-electron chi connectivity index (χ0n) is 21.3. The molecule has 4 amide bonds. The van der Waals surface area contributed by atoms with E-state index in [2.05, 4.69) is 10.6 Å². The second kappa shape index (κ2) is 11.6. The Kier molecular flexibility index (Phi) is 7.87. The lowest BCUT2D eigenvalue weighted by Crippen LogP contribution is -2.64. The number of benzene rings is 2. The number of ether oxygens (including phenoxy) is 2. The minimum atomic E-state index is -0.991. The van der Waals surface area contributed by atoms with E-state index in [1.165, 1.54) is 10.0 Å². The third-order valence-corrected chi connectivity index (χ3v) is 7.05. The van der Waals surface area contributed by atoms with Crippen LogP contribution < -0.4 is 10.6 Å². The molecule has 2 aromatic rings. The van der Waals surface area contributed by atoms with E-state index < -0.39 is 48.1 Å². The van der Waals surface area contributed by atoms with E-state index in [-0.39, 0.29) is 31.8 Å². The van der Waals surface area contributed by atoms with Crippen LogP contribution in [-0.4, -0.2) is 70.6 Å². The second-order valence-electron chi connectivity index (χ2n) is 9.76. The first-order valence-electron chi connectivity index (χ1n) is 13.1. The zero-order valence-corrected chi connectivity index (χ0v) is 21.3. The van der Waals surface area contributed by atoms with Gasteiger partial charge in [-0.2, -0.15) is 0 Å². The Morgan fingerprint density at radius 2 is 1.67 bits per heavy atom. The molecule has 3 fully saturated rings. The Balaban J connectivity index is 1.29. The van der Waals surface area contributed by atoms with Crippen LogP contribution in [0.3, 0.4) is 0 Å². The van der Waals surface area contributed by atoms with Crippen molar-refractivity contribution in [2.45, 2.75) is 63.1 Å². The Bertz CT molecular complexity index is 1240. The number of hydrazine groups is 1. The predicted octanol–water partition coefficient (Wildman–Crippen LogP) is 1.29. The van der Waals surface area contributed by atoms with Crippen LogP contribution in [0.1, 0.15) is 48.0 Å². The van der Waals surface area contributed by atoms with Crippen LogP contribution in [-0.2, 0) is 35.3 Å². The molecule has 3 aliphatic heterocycles. The van der Waals surface area contributed by atoms with Gasteiger partial charge in [-0.3, -0.25) is 29.0 Å². The van der Waals surface area contributed by atoms with Gasteiger partial charge in [0, 0.05) is 18.5 Å². The van der Waals surface area contributed by atoms with Gasteiger partial charge in [0.05, 0.1) is 13.0 Å². The maximum absolute atomic E-state index is 13.7. The molecule has 2 N–H and O–H groups in total. The molecular weight excluding hydrogens is 504 g/mol. The molecule has 204 valence electrons. The van der Waals surface area contributed by atoms with Crippen molar-refractivity contribution in [3.8, 4) is 0 Å². The van der Waals surface area contributed by atoms with Crippen LogP contribution in [0, 0.1) is 0 Å². The topological polar surface area (TPSA) is 134 Å². The van der Waals surface area contributed by atoms with E-state index >= 15 is 0 Å². The zero-order chi connectivity index (χ0) is 27.4. The number of nitrogens with one attached hydrogen (secondary N) is 2. The van der Waals surface area contributed by atoms with Crippen molar-refractivity contribution in [2.24, 2.45) is 0 Å². The number of carbonyl (C=O) groups is 5. The first-order valence-corrected chi connectivity index (χ1v) is 13.1. The predicted molar refractivity (Wildman–Crippen MR) is 136 cm³/mol. The normalized spacial score (nSPS) is 25.0. The molecule has 2 aromatic carbocycles. The Morgan fingerprint density at radius 3 is 2.41 bits per heavy atom. The molecule has 5 rings (SSSR count). The third kappa shape index (κ3) is 5.93. The maximum atomic E-state index is 13.7. The first-order chi connectivity index (χ1) is 18.9. The smallest absolute Gasteiger partial charge is 0.310 e. The minimum absolute atomic E-state index is 0.0523. The van der Waals surface area contributed by atoms with Crippen molar-refractivity contribution in [1.82, 2.24) is 20.7 Å². The van der Waals surface area contributed by atoms with Crippen LogP contribution in [0.4, 0.5) is 0 Å². The summed E-state index contributed by atoms with van der Waals surface area (Å²) in [4.78, 5) is 64.9. The Hall–Kier alpha value is -4.25. The summed E-state index contributed by atoms with van der Waals surface area (Å²) in [5, 5.41) is 8.03. The molecule has 3 aliphatic rings. The fraction of sp³-hybridized carbons (Fsp3) is 0.393. The van der Waals surface area contributed by atoms with Crippen molar-refractivity contribution < 1.29 is 33.4 Å². The van der Waals surface area contributed by atoms with Gasteiger partial charge in [0.15, 0.2) is 0 Å². The summed E-state index contributed by atoms with van der Waals surface area (Å²) in [5.41, 5.74) is 1.27. The lowest BCUT2D eigenvalue weighted by molar-refractivity contribution is -0.177. The summed E-state index contributed by atoms with van der Waals surface area (Å²) in [6.45, 7) is 0.478. The molecule has 2 unspecified atom stereocenters. The molecule has 0 aliphatic carbocycles. The quantitative estimate of drug-likeness (QED) is 0.511. The summed E-state index contributed by atoms with van der Waals surface area (Å²) in [7, 11) is 0. The lowest BCUT2D eigenvalue weighted by atomic mass is 10.0. The van der Waals surface area contributed by atoms with Gasteiger partial charge < -0.3 is 20.1 Å². The first kappa shape index (κ1) is 26.4. The minimum Gasteiger partial charge on any atom is -0.433 e. The van der Waals surface area contributed by atoms with E-state index in [4.69, 9.17) is 9.47 Å². The van der Waals surface area contributed by atoms with Crippen LogP contribution >= 0.6 is 0 Å². The van der Waals surface area contributed by atoms with Gasteiger partial charge in [-0.15, -0.1) is 0 Å². The number of nitrogens with zero attached hydrogens (tertiary/aromatic N) is 2. The lowest BCUT2D eigenvalue weighted by Gasteiger charge is -2.43. The van der Waals surface area contributed by atoms with Crippen LogP contribution in [0.5, 0.6) is 0 Å². The van der Waals surface area contributed by atoms with Crippen molar-refractivity contribution >= 4 is 29.6 Å². The molecule has 39 heavy (non-hydrogen) atoms. The number of cyclic esters (lactones) is 1. The van der Waals surface area contributed by atoms with Gasteiger partial charge in [0.2, 0.25) is 18.1 Å². The number of esters is 1. The van der Waals surface area contributed by atoms with E-state index in [9.17, 15) is 24.0 Å². The Morgan fingerprint density at radius 1 is 0.949 bits per heavy atom. The molecule has 3 saturated heterocycles. The fourth-order valence-corrected chi connectivity index (χ4v) is 5.07. The summed E-state index contributed by atoms with van der Waals surface area (Å²) in [6, 6.07) is 15.1. The highest BCUT2D eigenvalue weighted by molar-refractivity contribution is 5.99. The molecular formula is C28H30N4O7. The largest absolute Gasteiger partial charge is 0.433 e. The number of amides is 4. The van der Waals surface area contributed by atoms with E-state index in [1.54, 1.807) is 30.3 Å². The Labute approximate surface area is 225 Å². The van der Waals surface area contributed by atoms with E-state index in [0.717, 1.165) is 5.56 Å². The molecule has 11 nitrogen and oxygen atoms in total. The maximum Gasteiger partial charge on any atom is 0.310 e. The number of carbonyl (C=O) groups excluding carboxylic acids is 5. The highest BCUT2D eigenvalue weighted by Crippen LogP contribution is 2.26. The summed E-state index contributed by atoms with van der Waals surface area (Å²) in [5.74, 6) is -2.28. The molecule has 0 aromatic heterocycles. The molecule has 4 atom stereocenters. The molecule has 0 bridgehead atoms. The van der Waals surface area contributed by atoms with Gasteiger partial charge in [-0.25, -0.2) is 5.01 Å². The van der Waals surface area contributed by atoms with Gasteiger partial charge in [0.25, 0.3) is 11.8 Å². The summed E-state index contributed by atoms with van der Waals surface area (Å²) >= 11 is 0. The number of hydrogen-bond donors (Lipinski definition) is 2. The van der Waals surface area contributed by atoms with E-state index in [1.807, 2.05) is 30.3 Å². The average Bonchev–Trinajstić information content (AvgIpc) is 3.26. The van der Waals surface area contributed by atoms with Crippen LogP contribution in [0.15, 0.2) is 60.7 Å². The number of rotatable bonds is 7. The third-order valence-electron chi connectivity index (χ3n) is 7.05. The molecule has 11 heteroatoms. The molecule has 0 radical (unpaired) electrons. The molecule has 3 heterocycles. The monoisotopic (exact) mass is 534 g/mol. The molecule has 0 saturated carbocycles. The van der Waals surface area contributed by atoms with Gasteiger partial charge >= 0.3 is 5.97 Å².